The third kappa shape index (κ3) is 45.3. The van der Waals surface area contributed by atoms with E-state index in [1.165, 1.54) is 0 Å². The first-order chi connectivity index (χ1) is 35.9. The van der Waals surface area contributed by atoms with Crippen LogP contribution in [0.5, 0.6) is 0 Å². The van der Waals surface area contributed by atoms with E-state index in [0.717, 1.165) is 64.2 Å². The van der Waals surface area contributed by atoms with Gasteiger partial charge in [0.25, 0.3) is 0 Å². The van der Waals surface area contributed by atoms with Crippen molar-refractivity contribution >= 4 is 53.8 Å². The summed E-state index contributed by atoms with van der Waals surface area (Å²) >= 11 is 0. The first-order valence-electron chi connectivity index (χ1n) is 28.0. The van der Waals surface area contributed by atoms with Crippen molar-refractivity contribution in [2.75, 3.05) is 52.4 Å². The number of hydrogen-bond acceptors (Lipinski definition) is 14. The molecule has 0 rings (SSSR count). The molecule has 6 N–H and O–H groups in total. The predicted molar refractivity (Wildman–Crippen MR) is 292 cm³/mol. The van der Waals surface area contributed by atoms with Gasteiger partial charge in [0.1, 0.15) is 28.4 Å². The molecular weight excluding hydrogens is 999 g/mol. The highest BCUT2D eigenvalue weighted by atomic mass is 16.7. The number of nitrogens with one attached hydrogen (secondary N) is 5. The van der Waals surface area contributed by atoms with E-state index < -0.39 is 58.7 Å². The van der Waals surface area contributed by atoms with Gasteiger partial charge in [-0.15, -0.1) is 0 Å². The van der Waals surface area contributed by atoms with Crippen LogP contribution in [0.4, 0.5) is 14.4 Å². The Bertz CT molecular complexity index is 1770. The molecule has 22 nitrogen and oxygen atoms in total. The second-order valence-electron chi connectivity index (χ2n) is 23.3. The van der Waals surface area contributed by atoms with Gasteiger partial charge in [0, 0.05) is 77.9 Å². The van der Waals surface area contributed by atoms with Gasteiger partial charge < -0.3 is 55.1 Å². The van der Waals surface area contributed by atoms with Gasteiger partial charge in [-0.2, -0.15) is 5.48 Å². The number of aliphatic carboxylic acids is 1. The third-order valence-electron chi connectivity index (χ3n) is 10.9. The first kappa shape index (κ1) is 71.6. The quantitative estimate of drug-likeness (QED) is 0.0146. The van der Waals surface area contributed by atoms with Crippen molar-refractivity contribution in [3.63, 3.8) is 0 Å². The summed E-state index contributed by atoms with van der Waals surface area (Å²) in [5.74, 6) is -2.66. The van der Waals surface area contributed by atoms with E-state index >= 15 is 0 Å². The molecule has 0 aromatic heterocycles. The van der Waals surface area contributed by atoms with Crippen LogP contribution in [0.1, 0.15) is 218 Å². The zero-order valence-corrected chi connectivity index (χ0v) is 49.1. The van der Waals surface area contributed by atoms with Gasteiger partial charge in [0.15, 0.2) is 0 Å². The molecule has 446 valence electrons. The van der Waals surface area contributed by atoms with Crippen molar-refractivity contribution in [2.24, 2.45) is 0 Å². The van der Waals surface area contributed by atoms with E-state index in [-0.39, 0.29) is 101 Å². The molecule has 1 unspecified atom stereocenters. The van der Waals surface area contributed by atoms with Crippen molar-refractivity contribution in [2.45, 2.75) is 246 Å². The fourth-order valence-corrected chi connectivity index (χ4v) is 7.30. The summed E-state index contributed by atoms with van der Waals surface area (Å²) in [4.78, 5) is 121. The number of nitrogens with zero attached hydrogens (tertiary/aromatic N) is 2. The Morgan fingerprint density at radius 1 is 0.416 bits per heavy atom. The van der Waals surface area contributed by atoms with Gasteiger partial charge in [0.05, 0.1) is 6.61 Å². The van der Waals surface area contributed by atoms with Gasteiger partial charge in [-0.05, 0) is 128 Å². The van der Waals surface area contributed by atoms with Gasteiger partial charge in [0.2, 0.25) is 23.6 Å². The standard InChI is InChI=1S/C55H101N7O15/c1-52(2,3)74-48(69)42(59-46(66)28-22-20-18-16-14-13-15-17-19-21-23-29-47(67)68)30-31-43(63)56-34-26-39-61(50(71)76-54(7,8)9)37-24-25-38-62(51(72)77-55(10,11)12)40-27-35-57-44(64)32-33-45(65)58-36-41-73-60-49(70)75-53(4,5)6/h42H,13-41H2,1-12H3,(H,56,63)(H,57,64)(H,58,65)(H,59,66)(H,60,70)(H,67,68). The Labute approximate surface area is 459 Å². The lowest BCUT2D eigenvalue weighted by Crippen LogP contribution is -2.44. The summed E-state index contributed by atoms with van der Waals surface area (Å²) in [5, 5.41) is 19.8. The highest BCUT2D eigenvalue weighted by Crippen LogP contribution is 2.17. The smallest absolute Gasteiger partial charge is 0.431 e. The van der Waals surface area contributed by atoms with Crippen LogP contribution in [0.15, 0.2) is 0 Å². The maximum atomic E-state index is 13.3. The largest absolute Gasteiger partial charge is 0.481 e. The van der Waals surface area contributed by atoms with Crippen LogP contribution in [0.3, 0.4) is 0 Å². The van der Waals surface area contributed by atoms with E-state index in [0.29, 0.717) is 45.2 Å². The van der Waals surface area contributed by atoms with Crippen LogP contribution in [-0.2, 0) is 52.6 Å². The lowest BCUT2D eigenvalue weighted by atomic mass is 10.0. The number of hydrogen-bond donors (Lipinski definition) is 6. The molecule has 0 heterocycles. The van der Waals surface area contributed by atoms with E-state index in [2.05, 4.69) is 26.7 Å². The number of ether oxygens (including phenoxy) is 4. The fraction of sp³-hybridized carbons (Fsp3) is 0.836. The zero-order chi connectivity index (χ0) is 58.5. The number of carboxylic acids is 1. The van der Waals surface area contributed by atoms with E-state index in [9.17, 15) is 43.2 Å². The number of rotatable bonds is 39. The lowest BCUT2D eigenvalue weighted by Gasteiger charge is -2.29. The third-order valence-corrected chi connectivity index (χ3v) is 10.9. The summed E-state index contributed by atoms with van der Waals surface area (Å²) in [6.07, 6.45) is 11.3. The summed E-state index contributed by atoms with van der Waals surface area (Å²) in [6, 6.07) is -1.000. The monoisotopic (exact) mass is 1100 g/mol. The number of carbonyl (C=O) groups excluding carboxylic acids is 8. The van der Waals surface area contributed by atoms with Crippen LogP contribution in [0.2, 0.25) is 0 Å². The molecule has 0 fully saturated rings. The van der Waals surface area contributed by atoms with E-state index in [1.807, 2.05) is 0 Å². The van der Waals surface area contributed by atoms with Gasteiger partial charge in [-0.1, -0.05) is 57.8 Å². The highest BCUT2D eigenvalue weighted by molar-refractivity contribution is 5.86. The van der Waals surface area contributed by atoms with Crippen LogP contribution < -0.4 is 26.7 Å². The molecule has 0 aliphatic rings. The van der Waals surface area contributed by atoms with Crippen molar-refractivity contribution in [1.82, 2.24) is 36.5 Å². The van der Waals surface area contributed by atoms with Crippen molar-refractivity contribution in [1.29, 1.82) is 0 Å². The van der Waals surface area contributed by atoms with Crippen molar-refractivity contribution in [3.8, 4) is 0 Å². The van der Waals surface area contributed by atoms with Crippen LogP contribution in [0.25, 0.3) is 0 Å². The molecule has 1 atom stereocenters. The highest BCUT2D eigenvalue weighted by Gasteiger charge is 2.28. The summed E-state index contributed by atoms with van der Waals surface area (Å²) in [6.45, 7) is 22.7. The Morgan fingerprint density at radius 3 is 1.21 bits per heavy atom. The van der Waals surface area contributed by atoms with Gasteiger partial charge in [-0.25, -0.2) is 19.2 Å². The Morgan fingerprint density at radius 2 is 0.792 bits per heavy atom. The fourth-order valence-electron chi connectivity index (χ4n) is 7.30. The molecule has 0 saturated carbocycles. The van der Waals surface area contributed by atoms with Crippen LogP contribution in [0, 0.1) is 0 Å². The van der Waals surface area contributed by atoms with Gasteiger partial charge >= 0.3 is 30.2 Å². The molecular formula is C55H101N7O15. The summed E-state index contributed by atoms with van der Waals surface area (Å²) in [5.41, 5.74) is -0.863. The predicted octanol–water partition coefficient (Wildman–Crippen LogP) is 8.37. The minimum atomic E-state index is -1.000. The summed E-state index contributed by atoms with van der Waals surface area (Å²) in [7, 11) is 0. The average Bonchev–Trinajstić information content (AvgIpc) is 3.28. The molecule has 22 heteroatoms. The van der Waals surface area contributed by atoms with Crippen LogP contribution in [-0.4, -0.2) is 150 Å². The number of unbranched alkanes of at least 4 members (excludes halogenated alkanes) is 11. The molecule has 0 spiro atoms. The Kier molecular flexibility index (Phi) is 36.3. The molecule has 0 aromatic carbocycles. The van der Waals surface area contributed by atoms with Crippen molar-refractivity contribution < 1.29 is 72.0 Å². The zero-order valence-electron chi connectivity index (χ0n) is 49.1. The molecule has 0 aliphatic carbocycles. The maximum absolute atomic E-state index is 13.3. The number of carbonyl (C=O) groups is 9. The van der Waals surface area contributed by atoms with Crippen molar-refractivity contribution in [3.05, 3.63) is 0 Å². The average molecular weight is 1100 g/mol. The second kappa shape index (κ2) is 39.0. The maximum Gasteiger partial charge on any atom is 0.431 e. The minimum Gasteiger partial charge on any atom is -0.481 e. The molecule has 0 aromatic rings. The normalized spacial score (nSPS) is 12.1. The molecule has 0 bridgehead atoms. The summed E-state index contributed by atoms with van der Waals surface area (Å²) < 4.78 is 22.0. The number of esters is 1. The molecule has 7 amide bonds. The van der Waals surface area contributed by atoms with E-state index in [1.54, 1.807) is 92.9 Å². The van der Waals surface area contributed by atoms with E-state index in [4.69, 9.17) is 28.9 Å². The first-order valence-corrected chi connectivity index (χ1v) is 28.0. The number of carboxylic acid groups (broad SMARTS) is 1. The number of hydroxylamine groups is 1. The molecule has 77 heavy (non-hydrogen) atoms. The second-order valence-corrected chi connectivity index (χ2v) is 23.3. The SMILES string of the molecule is CC(C)(C)OC(=O)NOCCNC(=O)CCC(=O)NCCCN(CCCCN(CCCNC(=O)CCC(NC(=O)CCCCCCCCCCCCCC(=O)O)C(=O)OC(C)(C)C)C(=O)OC(C)(C)C)C(=O)OC(C)(C)C. The Hall–Kier alpha value is -5.41. The minimum absolute atomic E-state index is 0.00419. The van der Waals surface area contributed by atoms with Gasteiger partial charge in [-0.3, -0.25) is 28.8 Å². The topological polar surface area (TPSA) is 287 Å². The lowest BCUT2D eigenvalue weighted by molar-refractivity contribution is -0.159. The molecule has 0 radical (unpaired) electrons. The van der Waals surface area contributed by atoms with Crippen LogP contribution >= 0.6 is 0 Å². The number of amides is 7. The Balaban J connectivity index is 5.05. The molecule has 0 saturated heterocycles. The molecule has 0 aliphatic heterocycles.